The Kier molecular flexibility index (Phi) is 13.6. The van der Waals surface area contributed by atoms with Gasteiger partial charge in [0, 0.05) is 20.6 Å². The van der Waals surface area contributed by atoms with Crippen molar-refractivity contribution in [1.82, 2.24) is 58.6 Å². The number of nitrogens with two attached hydrogens (primary N) is 3. The van der Waals surface area contributed by atoms with Crippen LogP contribution in [0.3, 0.4) is 0 Å². The van der Waals surface area contributed by atoms with Crippen LogP contribution in [0.4, 0.5) is 17.5 Å². The van der Waals surface area contributed by atoms with Gasteiger partial charge < -0.3 is 65.6 Å². The first-order chi connectivity index (χ1) is 32.2. The molecule has 0 aromatic carbocycles. The van der Waals surface area contributed by atoms with Crippen LogP contribution in [0.15, 0.2) is 38.0 Å². The van der Waals surface area contributed by atoms with Gasteiger partial charge in [0.15, 0.2) is 59.2 Å². The van der Waals surface area contributed by atoms with Gasteiger partial charge in [0.1, 0.15) is 84.9 Å². The minimum absolute atomic E-state index is 0.0113. The minimum atomic E-state index is -4.29. The first-order valence-corrected chi connectivity index (χ1v) is 24.8. The molecule has 9 heterocycles. The van der Waals surface area contributed by atoms with Crippen molar-refractivity contribution in [2.45, 2.75) is 86.5 Å². The van der Waals surface area contributed by atoms with E-state index in [1.165, 1.54) is 65.9 Å². The molecule has 0 spiro atoms. The molecular weight excluding hydrogens is 969 g/mol. The maximum Gasteiger partial charge on any atom is 0.522 e. The number of anilines is 3. The normalized spacial score (nSPS) is 29.9. The predicted octanol–water partition coefficient (Wildman–Crippen LogP) is -0.644. The number of fused-ring (bicyclic) bond motifs is 3. The van der Waals surface area contributed by atoms with Gasteiger partial charge in [-0.05, 0) is 18.2 Å². The molecule has 0 amide bonds. The summed E-state index contributed by atoms with van der Waals surface area (Å²) in [6.45, 7) is -5.05. The van der Waals surface area contributed by atoms with Gasteiger partial charge in [0.05, 0.1) is 31.7 Å². The highest BCUT2D eigenvalue weighted by Gasteiger charge is 2.54. The second kappa shape index (κ2) is 19.3. The Morgan fingerprint density at radius 3 is 1.70 bits per heavy atom. The highest BCUT2D eigenvalue weighted by atomic mass is 32.5. The molecule has 9 rings (SSSR count). The molecule has 0 radical (unpaired) electrons. The number of carbonyl (C=O) groups is 1. The Labute approximate surface area is 387 Å². The third kappa shape index (κ3) is 9.14. The number of imidazole rings is 3. The van der Waals surface area contributed by atoms with Crippen molar-refractivity contribution in [2.24, 2.45) is 0 Å². The van der Waals surface area contributed by atoms with E-state index in [2.05, 4.69) is 44.9 Å². The highest BCUT2D eigenvalue weighted by molar-refractivity contribution is 8.07. The van der Waals surface area contributed by atoms with Crippen LogP contribution >= 0.6 is 13.9 Å². The molecule has 33 heteroatoms. The zero-order valence-corrected chi connectivity index (χ0v) is 38.3. The Morgan fingerprint density at radius 1 is 0.701 bits per heavy atom. The van der Waals surface area contributed by atoms with Gasteiger partial charge in [-0.2, -0.15) is 0 Å². The minimum Gasteiger partial charge on any atom is -0.481 e. The number of nitrogen functional groups attached to an aromatic ring is 3. The lowest BCUT2D eigenvalue weighted by Gasteiger charge is -2.28. The lowest BCUT2D eigenvalue weighted by molar-refractivity contribution is -0.138. The Morgan fingerprint density at radius 2 is 1.18 bits per heavy atom. The SMILES string of the molecule is CO[C@H]1[C@@H](O[P+](=S)OC[C@H]2O[C@@H](n3cnc4c(N)ncnc43)[C@H](O)[C@@H]2O)[C@H](n2cnc3c(N)ncnc32)O[C@@H]1COP(O)(=S)O[C@@H]1[C@H](OC)[C@@H](CCC(=O)O)O[C@H]1n1cnc2c(N)ncnc21. The number of ether oxygens (including phenoxy) is 5. The molecule has 14 atom stereocenters. The number of methoxy groups -OCH3 is 2. The zero-order chi connectivity index (χ0) is 47.3. The van der Waals surface area contributed by atoms with E-state index < -0.39 is 100 Å². The summed E-state index contributed by atoms with van der Waals surface area (Å²) in [4.78, 5) is 60.9. The first kappa shape index (κ1) is 47.3. The van der Waals surface area contributed by atoms with Crippen LogP contribution < -0.4 is 17.2 Å². The molecule has 3 aliphatic heterocycles. The molecule has 0 saturated carbocycles. The quantitative estimate of drug-likeness (QED) is 0.0526. The number of carboxylic acids is 1. The smallest absolute Gasteiger partial charge is 0.481 e. The van der Waals surface area contributed by atoms with Crippen molar-refractivity contribution in [3.05, 3.63) is 38.0 Å². The summed E-state index contributed by atoms with van der Waals surface area (Å²) in [5.74, 6) is -0.755. The average molecular weight is 1010 g/mol. The standard InChI is InChI=1S/C34H41N15O14P2S2/c1-55-22-13(3-4-16(50)51)59-34(49-12-46-19-28(37)40-9-43-31(19)49)25(22)63-65(54,67)58-6-15-23(56-2)24(33(61-15)48-11-45-18-27(36)39-8-42-30(18)48)62-64(66)57-5-14-20(52)21(53)32(60-14)47-10-44-17-26(35)38-7-41-29(17)47/h7-15,20-25,32-34,52-53H,3-6H2,1-2H3,(H7-,35,36,37,38,39,40,41,42,43,50,51,54,67)/p+1/t13-,14-,15-,20-,21-,22-,23-,24-,25-,32-,33-,34-,65?/m1/s1. The predicted molar refractivity (Wildman–Crippen MR) is 234 cm³/mol. The molecule has 2 unspecified atom stereocenters. The number of nitrogens with zero attached hydrogens (tertiary/aromatic N) is 12. The Bertz CT molecular complexity index is 2850. The number of aliphatic hydroxyl groups excluding tert-OH is 2. The van der Waals surface area contributed by atoms with Crippen molar-refractivity contribution in [2.75, 3.05) is 44.6 Å². The van der Waals surface area contributed by atoms with Crippen molar-refractivity contribution in [3.8, 4) is 0 Å². The van der Waals surface area contributed by atoms with E-state index in [9.17, 15) is 25.0 Å². The fourth-order valence-electron chi connectivity index (χ4n) is 8.17. The molecule has 6 aromatic rings. The summed E-state index contributed by atoms with van der Waals surface area (Å²) in [6.07, 6.45) is -5.80. The van der Waals surface area contributed by atoms with E-state index in [0.29, 0.717) is 0 Å². The zero-order valence-electron chi connectivity index (χ0n) is 34.9. The lowest BCUT2D eigenvalue weighted by Crippen LogP contribution is -2.37. The molecule has 3 fully saturated rings. The van der Waals surface area contributed by atoms with E-state index in [1.54, 1.807) is 0 Å². The topological polar surface area (TPSA) is 390 Å². The monoisotopic (exact) mass is 1010 g/mol. The molecule has 358 valence electrons. The summed E-state index contributed by atoms with van der Waals surface area (Å²) in [7, 11) is 0.514. The van der Waals surface area contributed by atoms with Gasteiger partial charge in [-0.1, -0.05) is 0 Å². The van der Waals surface area contributed by atoms with Crippen molar-refractivity contribution in [3.63, 3.8) is 0 Å². The van der Waals surface area contributed by atoms with Crippen molar-refractivity contribution in [1.29, 1.82) is 0 Å². The molecule has 10 N–H and O–H groups in total. The summed E-state index contributed by atoms with van der Waals surface area (Å²) < 4.78 is 59.3. The van der Waals surface area contributed by atoms with Crippen molar-refractivity contribution >= 4 is 94.4 Å². The van der Waals surface area contributed by atoms with E-state index >= 15 is 0 Å². The van der Waals surface area contributed by atoms with E-state index in [0.717, 1.165) is 0 Å². The summed E-state index contributed by atoms with van der Waals surface area (Å²) in [6, 6.07) is 0. The molecule has 6 aromatic heterocycles. The van der Waals surface area contributed by atoms with Gasteiger partial charge >= 0.3 is 19.8 Å². The number of aliphatic hydroxyl groups is 2. The van der Waals surface area contributed by atoms with Crippen LogP contribution in [0.25, 0.3) is 33.5 Å². The van der Waals surface area contributed by atoms with Crippen LogP contribution in [0.1, 0.15) is 31.5 Å². The Hall–Kier alpha value is -4.79. The molecule has 0 bridgehead atoms. The van der Waals surface area contributed by atoms with Crippen LogP contribution in [-0.2, 0) is 70.2 Å². The molecule has 3 saturated heterocycles. The molecule has 67 heavy (non-hydrogen) atoms. The van der Waals surface area contributed by atoms with Crippen LogP contribution in [0.2, 0.25) is 0 Å². The largest absolute Gasteiger partial charge is 0.522 e. The summed E-state index contributed by atoms with van der Waals surface area (Å²) in [5, 5.41) is 31.4. The van der Waals surface area contributed by atoms with E-state index in [-0.39, 0.29) is 70.4 Å². The van der Waals surface area contributed by atoms with Crippen LogP contribution in [-0.4, -0.2) is 167 Å². The number of aliphatic carboxylic acids is 1. The number of aromatic nitrogens is 12. The van der Waals surface area contributed by atoms with Gasteiger partial charge in [0.25, 0.3) is 0 Å². The van der Waals surface area contributed by atoms with Gasteiger partial charge in [-0.15, -0.1) is 9.05 Å². The molecular formula is C34H42N15O14P2S2+. The number of carboxylic acid groups (broad SMARTS) is 1. The second-order valence-corrected chi connectivity index (χ2v) is 19.8. The maximum atomic E-state index is 11.7. The Balaban J connectivity index is 0.923. The van der Waals surface area contributed by atoms with Gasteiger partial charge in [-0.25, -0.2) is 44.9 Å². The number of rotatable bonds is 18. The average Bonchev–Trinajstić information content (AvgIpc) is 4.16. The molecule has 29 nitrogen and oxygen atoms in total. The second-order valence-electron chi connectivity index (χ2n) is 15.2. The van der Waals surface area contributed by atoms with Crippen LogP contribution in [0.5, 0.6) is 0 Å². The highest BCUT2D eigenvalue weighted by Crippen LogP contribution is 2.52. The van der Waals surface area contributed by atoms with Crippen LogP contribution in [0, 0.1) is 0 Å². The fraction of sp³-hybridized carbons (Fsp3) is 0.529. The number of hydrogen-bond acceptors (Lipinski definition) is 26. The van der Waals surface area contributed by atoms with E-state index in [1.807, 2.05) is 0 Å². The van der Waals surface area contributed by atoms with E-state index in [4.69, 9.17) is 82.6 Å². The van der Waals surface area contributed by atoms with Gasteiger partial charge in [-0.3, -0.25) is 23.0 Å². The third-order valence-electron chi connectivity index (χ3n) is 11.3. The molecule has 0 aliphatic carbocycles. The van der Waals surface area contributed by atoms with Gasteiger partial charge in [0.2, 0.25) is 11.8 Å². The maximum absolute atomic E-state index is 11.7. The summed E-state index contributed by atoms with van der Waals surface area (Å²) in [5.41, 5.74) is 19.7. The first-order valence-electron chi connectivity index (χ1n) is 20.0. The third-order valence-corrected chi connectivity index (χ3v) is 14.2. The molecule has 3 aliphatic rings. The fourth-order valence-corrected chi connectivity index (χ4v) is 10.8. The van der Waals surface area contributed by atoms with Crippen molar-refractivity contribution < 1.29 is 66.8 Å². The summed E-state index contributed by atoms with van der Waals surface area (Å²) >= 11 is 11.2. The lowest BCUT2D eigenvalue weighted by atomic mass is 10.1. The number of hydrogen-bond donors (Lipinski definition) is 7.